The van der Waals surface area contributed by atoms with Gasteiger partial charge in [0.15, 0.2) is 0 Å². The van der Waals surface area contributed by atoms with Gasteiger partial charge >= 0.3 is 0 Å². The van der Waals surface area contributed by atoms with Gasteiger partial charge in [-0.25, -0.2) is 0 Å². The molecule has 0 aliphatic carbocycles. The maximum atomic E-state index is 11.4. The van der Waals surface area contributed by atoms with Gasteiger partial charge in [-0.05, 0) is 13.8 Å². The van der Waals surface area contributed by atoms with E-state index in [1.807, 2.05) is 32.0 Å². The average Bonchev–Trinajstić information content (AvgIpc) is 2.43. The summed E-state index contributed by atoms with van der Waals surface area (Å²) in [6.45, 7) is 3.94. The average molecular weight is 204 g/mol. The molecule has 0 bridgehead atoms. The summed E-state index contributed by atoms with van der Waals surface area (Å²) >= 11 is 0. The number of amidine groups is 1. The number of rotatable bonds is 1. The zero-order valence-corrected chi connectivity index (χ0v) is 8.65. The number of aliphatic imine (C=N–C) groups is 1. The highest BCUT2D eigenvalue weighted by Crippen LogP contribution is 2.24. The molecule has 1 aliphatic rings. The Hall–Kier alpha value is -1.84. The second-order valence-electron chi connectivity index (χ2n) is 3.71. The Morgan fingerprint density at radius 3 is 2.33 bits per heavy atom. The molecule has 0 aromatic heterocycles. The van der Waals surface area contributed by atoms with Gasteiger partial charge in [0.25, 0.3) is 11.9 Å². The van der Waals surface area contributed by atoms with Crippen LogP contribution in [-0.4, -0.2) is 11.9 Å². The second kappa shape index (κ2) is 3.38. The highest BCUT2D eigenvalue weighted by molar-refractivity contribution is 5.98. The van der Waals surface area contributed by atoms with Gasteiger partial charge in [-0.3, -0.25) is 4.79 Å². The Morgan fingerprint density at radius 2 is 1.87 bits per heavy atom. The van der Waals surface area contributed by atoms with Crippen LogP contribution in [0.2, 0.25) is 0 Å². The zero-order valence-electron chi connectivity index (χ0n) is 8.65. The van der Waals surface area contributed by atoms with Crippen LogP contribution >= 0.6 is 0 Å². The van der Waals surface area contributed by atoms with E-state index in [2.05, 4.69) is 4.99 Å². The minimum absolute atomic E-state index is 0.0517. The molecule has 0 fully saturated rings. The summed E-state index contributed by atoms with van der Waals surface area (Å²) in [7, 11) is 0. The van der Waals surface area contributed by atoms with Gasteiger partial charge in [0.2, 0.25) is 6.10 Å². The molecule has 0 radical (unpaired) electrons. The van der Waals surface area contributed by atoms with Crippen LogP contribution in [0.4, 0.5) is 0 Å². The van der Waals surface area contributed by atoms with E-state index in [4.69, 9.17) is 10.5 Å². The third-order valence-corrected chi connectivity index (χ3v) is 2.23. The first kappa shape index (κ1) is 9.71. The van der Waals surface area contributed by atoms with Crippen molar-refractivity contribution < 1.29 is 9.53 Å². The summed E-state index contributed by atoms with van der Waals surface area (Å²) in [6.07, 6.45) is -0.663. The van der Waals surface area contributed by atoms with Crippen molar-refractivity contribution in [2.24, 2.45) is 10.7 Å². The van der Waals surface area contributed by atoms with Crippen LogP contribution in [0, 0.1) is 13.8 Å². The molecule has 4 heteroatoms. The van der Waals surface area contributed by atoms with Crippen LogP contribution in [0.3, 0.4) is 0 Å². The number of benzene rings is 1. The molecule has 15 heavy (non-hydrogen) atoms. The Morgan fingerprint density at radius 1 is 1.27 bits per heavy atom. The van der Waals surface area contributed by atoms with Gasteiger partial charge in [-0.2, -0.15) is 4.99 Å². The highest BCUT2D eigenvalue weighted by atomic mass is 16.5. The molecule has 1 aliphatic heterocycles. The molecule has 4 nitrogen and oxygen atoms in total. The summed E-state index contributed by atoms with van der Waals surface area (Å²) in [5.74, 6) is -0.336. The summed E-state index contributed by atoms with van der Waals surface area (Å²) in [5, 5.41) is 0. The first-order valence-electron chi connectivity index (χ1n) is 4.69. The van der Waals surface area contributed by atoms with Crippen molar-refractivity contribution in [1.29, 1.82) is 0 Å². The maximum Gasteiger partial charge on any atom is 0.296 e. The molecule has 1 atom stereocenters. The molecular formula is C11H12N2O2. The van der Waals surface area contributed by atoms with E-state index in [9.17, 15) is 4.79 Å². The molecular weight excluding hydrogens is 192 g/mol. The van der Waals surface area contributed by atoms with E-state index in [0.29, 0.717) is 0 Å². The lowest BCUT2D eigenvalue weighted by Crippen LogP contribution is -2.14. The molecule has 78 valence electrons. The van der Waals surface area contributed by atoms with Crippen molar-refractivity contribution in [3.05, 3.63) is 34.9 Å². The highest BCUT2D eigenvalue weighted by Gasteiger charge is 2.29. The van der Waals surface area contributed by atoms with Crippen LogP contribution < -0.4 is 5.73 Å². The molecule has 1 heterocycles. The van der Waals surface area contributed by atoms with Crippen LogP contribution in [0.25, 0.3) is 0 Å². The summed E-state index contributed by atoms with van der Waals surface area (Å²) < 4.78 is 5.15. The van der Waals surface area contributed by atoms with Crippen LogP contribution in [0.5, 0.6) is 0 Å². The molecule has 2 N–H and O–H groups in total. The molecule has 1 amide bonds. The third kappa shape index (κ3) is 1.83. The summed E-state index contributed by atoms with van der Waals surface area (Å²) in [6, 6.07) is 5.80. The van der Waals surface area contributed by atoms with E-state index in [-0.39, 0.29) is 11.9 Å². The number of hydrogen-bond donors (Lipinski definition) is 1. The van der Waals surface area contributed by atoms with Crippen molar-refractivity contribution in [3.8, 4) is 0 Å². The predicted octanol–water partition coefficient (Wildman–Crippen LogP) is 1.22. The van der Waals surface area contributed by atoms with Crippen LogP contribution in [0.1, 0.15) is 22.8 Å². The van der Waals surface area contributed by atoms with Gasteiger partial charge < -0.3 is 10.5 Å². The predicted molar refractivity (Wildman–Crippen MR) is 56.4 cm³/mol. The van der Waals surface area contributed by atoms with Crippen LogP contribution in [-0.2, 0) is 9.53 Å². The minimum atomic E-state index is -0.663. The van der Waals surface area contributed by atoms with Gasteiger partial charge in [0, 0.05) is 5.56 Å². The van der Waals surface area contributed by atoms with Crippen molar-refractivity contribution in [2.75, 3.05) is 0 Å². The number of hydrogen-bond acceptors (Lipinski definition) is 3. The van der Waals surface area contributed by atoms with Crippen molar-refractivity contribution in [2.45, 2.75) is 20.0 Å². The van der Waals surface area contributed by atoms with Gasteiger partial charge in [-0.1, -0.05) is 29.3 Å². The van der Waals surface area contributed by atoms with E-state index in [0.717, 1.165) is 16.7 Å². The van der Waals surface area contributed by atoms with E-state index >= 15 is 0 Å². The zero-order chi connectivity index (χ0) is 11.0. The van der Waals surface area contributed by atoms with Crippen LogP contribution in [0.15, 0.2) is 23.2 Å². The molecule has 1 unspecified atom stereocenters. The fourth-order valence-corrected chi connectivity index (χ4v) is 1.74. The molecule has 0 saturated carbocycles. The Kier molecular flexibility index (Phi) is 2.19. The largest absolute Gasteiger partial charge is 0.447 e. The lowest BCUT2D eigenvalue weighted by atomic mass is 10.0. The smallest absolute Gasteiger partial charge is 0.296 e. The van der Waals surface area contributed by atoms with E-state index in [1.54, 1.807) is 0 Å². The monoisotopic (exact) mass is 204 g/mol. The maximum absolute atomic E-state index is 11.4. The molecule has 0 spiro atoms. The lowest BCUT2D eigenvalue weighted by molar-refractivity contribution is -0.122. The lowest BCUT2D eigenvalue weighted by Gasteiger charge is -2.10. The molecule has 0 saturated heterocycles. The third-order valence-electron chi connectivity index (χ3n) is 2.23. The second-order valence-corrected chi connectivity index (χ2v) is 3.71. The van der Waals surface area contributed by atoms with E-state index < -0.39 is 6.10 Å². The number of ether oxygens (including phenoxy) is 1. The van der Waals surface area contributed by atoms with Crippen molar-refractivity contribution in [3.63, 3.8) is 0 Å². The quantitative estimate of drug-likeness (QED) is 0.747. The number of amides is 1. The topological polar surface area (TPSA) is 64.7 Å². The Bertz CT molecular complexity index is 432. The molecule has 1 aromatic rings. The SMILES string of the molecule is Cc1cc(C)cc(C2OC(N)=NC2=O)c1. The first-order valence-corrected chi connectivity index (χ1v) is 4.69. The minimum Gasteiger partial charge on any atom is -0.447 e. The number of carbonyl (C=O) groups excluding carboxylic acids is 1. The summed E-state index contributed by atoms with van der Waals surface area (Å²) in [4.78, 5) is 15.0. The molecule has 1 aromatic carbocycles. The number of carbonyl (C=O) groups is 1. The normalized spacial score (nSPS) is 20.0. The fraction of sp³-hybridized carbons (Fsp3) is 0.273. The summed E-state index contributed by atoms with van der Waals surface area (Å²) in [5.41, 5.74) is 8.32. The van der Waals surface area contributed by atoms with Crippen molar-refractivity contribution >= 4 is 11.9 Å². The van der Waals surface area contributed by atoms with Gasteiger partial charge in [-0.15, -0.1) is 0 Å². The van der Waals surface area contributed by atoms with Gasteiger partial charge in [0.05, 0.1) is 0 Å². The standard InChI is InChI=1S/C11H12N2O2/c1-6-3-7(2)5-8(4-6)9-10(14)13-11(12)15-9/h3-5,9H,1-2H3,(H2,12,13,14). The van der Waals surface area contributed by atoms with Crippen molar-refractivity contribution in [1.82, 2.24) is 0 Å². The molecule has 2 rings (SSSR count). The fourth-order valence-electron chi connectivity index (χ4n) is 1.74. The van der Waals surface area contributed by atoms with E-state index in [1.165, 1.54) is 0 Å². The Labute approximate surface area is 87.8 Å². The number of nitrogens with two attached hydrogens (primary N) is 1. The number of nitrogens with zero attached hydrogens (tertiary/aromatic N) is 1. The Balaban J connectivity index is 2.35. The van der Waals surface area contributed by atoms with Gasteiger partial charge in [0.1, 0.15) is 0 Å². The number of aryl methyl sites for hydroxylation is 2. The first-order chi connectivity index (χ1) is 7.06.